The van der Waals surface area contributed by atoms with Gasteiger partial charge in [-0.2, -0.15) is 0 Å². The molecule has 0 fully saturated rings. The second kappa shape index (κ2) is 7.27. The highest BCUT2D eigenvalue weighted by Gasteiger charge is 2.22. The SMILES string of the molecule is CCOC(=O)c1c(NC(=O)Cc2ccc3c(c2)CCO3)sc(C)c1C. The van der Waals surface area contributed by atoms with Crippen LogP contribution in [0.15, 0.2) is 18.2 Å². The van der Waals surface area contributed by atoms with Gasteiger partial charge in [-0.25, -0.2) is 4.79 Å². The van der Waals surface area contributed by atoms with Gasteiger partial charge >= 0.3 is 5.97 Å². The lowest BCUT2D eigenvalue weighted by Crippen LogP contribution is -2.16. The summed E-state index contributed by atoms with van der Waals surface area (Å²) in [5.41, 5.74) is 3.39. The van der Waals surface area contributed by atoms with E-state index in [9.17, 15) is 9.59 Å². The minimum absolute atomic E-state index is 0.148. The average molecular weight is 359 g/mol. The Morgan fingerprint density at radius 2 is 2.12 bits per heavy atom. The summed E-state index contributed by atoms with van der Waals surface area (Å²) in [4.78, 5) is 25.6. The molecule has 5 nitrogen and oxygen atoms in total. The number of benzene rings is 1. The molecule has 0 atom stereocenters. The topological polar surface area (TPSA) is 64.6 Å². The third-order valence-electron chi connectivity index (χ3n) is 4.24. The second-order valence-corrected chi connectivity index (χ2v) is 7.20. The van der Waals surface area contributed by atoms with Crippen LogP contribution in [0.3, 0.4) is 0 Å². The van der Waals surface area contributed by atoms with E-state index in [0.717, 1.165) is 33.7 Å². The molecule has 1 N–H and O–H groups in total. The predicted octanol–water partition coefficient (Wildman–Crippen LogP) is 3.66. The van der Waals surface area contributed by atoms with Gasteiger partial charge in [0.25, 0.3) is 0 Å². The maximum Gasteiger partial charge on any atom is 0.341 e. The van der Waals surface area contributed by atoms with Crippen LogP contribution < -0.4 is 10.1 Å². The lowest BCUT2D eigenvalue weighted by atomic mass is 10.1. The van der Waals surface area contributed by atoms with Gasteiger partial charge in [0, 0.05) is 11.3 Å². The van der Waals surface area contributed by atoms with Crippen LogP contribution >= 0.6 is 11.3 Å². The summed E-state index contributed by atoms with van der Waals surface area (Å²) in [7, 11) is 0. The van der Waals surface area contributed by atoms with E-state index in [1.807, 2.05) is 32.0 Å². The molecule has 0 unspecified atom stereocenters. The van der Waals surface area contributed by atoms with E-state index < -0.39 is 5.97 Å². The lowest BCUT2D eigenvalue weighted by molar-refractivity contribution is -0.115. The number of fused-ring (bicyclic) bond motifs is 1. The Labute approximate surface area is 151 Å². The number of hydrogen-bond donors (Lipinski definition) is 1. The summed E-state index contributed by atoms with van der Waals surface area (Å²) in [6.45, 7) is 6.56. The number of ether oxygens (including phenoxy) is 2. The monoisotopic (exact) mass is 359 g/mol. The number of rotatable bonds is 5. The van der Waals surface area contributed by atoms with Crippen molar-refractivity contribution < 1.29 is 19.1 Å². The molecule has 0 spiro atoms. The molecule has 6 heteroatoms. The fourth-order valence-electron chi connectivity index (χ4n) is 2.87. The smallest absolute Gasteiger partial charge is 0.341 e. The molecule has 1 aromatic heterocycles. The first-order valence-electron chi connectivity index (χ1n) is 8.31. The van der Waals surface area contributed by atoms with E-state index in [1.165, 1.54) is 11.3 Å². The van der Waals surface area contributed by atoms with Gasteiger partial charge in [0.05, 0.1) is 25.2 Å². The van der Waals surface area contributed by atoms with Gasteiger partial charge in [-0.05, 0) is 43.5 Å². The quantitative estimate of drug-likeness (QED) is 0.828. The van der Waals surface area contributed by atoms with Crippen molar-refractivity contribution in [3.8, 4) is 5.75 Å². The number of carbonyl (C=O) groups excluding carboxylic acids is 2. The normalized spacial score (nSPS) is 12.4. The van der Waals surface area contributed by atoms with E-state index in [1.54, 1.807) is 6.92 Å². The highest BCUT2D eigenvalue weighted by Crippen LogP contribution is 2.33. The number of hydrogen-bond acceptors (Lipinski definition) is 5. The van der Waals surface area contributed by atoms with E-state index in [4.69, 9.17) is 9.47 Å². The largest absolute Gasteiger partial charge is 0.493 e. The van der Waals surface area contributed by atoms with Crippen molar-refractivity contribution in [1.82, 2.24) is 0 Å². The summed E-state index contributed by atoms with van der Waals surface area (Å²) in [6, 6.07) is 5.83. The highest BCUT2D eigenvalue weighted by molar-refractivity contribution is 7.16. The minimum Gasteiger partial charge on any atom is -0.493 e. The van der Waals surface area contributed by atoms with Crippen molar-refractivity contribution >= 4 is 28.2 Å². The average Bonchev–Trinajstić information content (AvgIpc) is 3.12. The summed E-state index contributed by atoms with van der Waals surface area (Å²) < 4.78 is 10.6. The summed E-state index contributed by atoms with van der Waals surface area (Å²) in [5.74, 6) is 0.359. The van der Waals surface area contributed by atoms with Crippen molar-refractivity contribution in [2.75, 3.05) is 18.5 Å². The molecular formula is C19H21NO4S. The Morgan fingerprint density at radius 3 is 2.88 bits per heavy atom. The van der Waals surface area contributed by atoms with Crippen LogP contribution in [0.5, 0.6) is 5.75 Å². The van der Waals surface area contributed by atoms with Crippen molar-refractivity contribution in [3.05, 3.63) is 45.3 Å². The van der Waals surface area contributed by atoms with E-state index in [-0.39, 0.29) is 12.3 Å². The Balaban J connectivity index is 1.75. The second-order valence-electron chi connectivity index (χ2n) is 5.97. The molecule has 2 heterocycles. The van der Waals surface area contributed by atoms with Gasteiger partial charge in [0.1, 0.15) is 10.8 Å². The molecule has 0 saturated carbocycles. The van der Waals surface area contributed by atoms with Crippen LogP contribution in [-0.2, 0) is 22.4 Å². The van der Waals surface area contributed by atoms with Crippen LogP contribution in [0.25, 0.3) is 0 Å². The first-order chi connectivity index (χ1) is 12.0. The number of thiophene rings is 1. The van der Waals surface area contributed by atoms with E-state index in [2.05, 4.69) is 5.32 Å². The lowest BCUT2D eigenvalue weighted by Gasteiger charge is -2.08. The molecule has 3 rings (SSSR count). The fraction of sp³-hybridized carbons (Fsp3) is 0.368. The Kier molecular flexibility index (Phi) is 5.08. The van der Waals surface area contributed by atoms with Gasteiger partial charge in [0.2, 0.25) is 5.91 Å². The third kappa shape index (κ3) is 3.69. The van der Waals surface area contributed by atoms with Gasteiger partial charge in [-0.15, -0.1) is 11.3 Å². The summed E-state index contributed by atoms with van der Waals surface area (Å²) in [6.07, 6.45) is 1.13. The predicted molar refractivity (Wildman–Crippen MR) is 97.7 cm³/mol. The molecular weight excluding hydrogens is 338 g/mol. The third-order valence-corrected chi connectivity index (χ3v) is 5.36. The standard InChI is InChI=1S/C19H21NO4S/c1-4-23-19(22)17-11(2)12(3)25-18(17)20-16(21)10-13-5-6-15-14(9-13)7-8-24-15/h5-6,9H,4,7-8,10H2,1-3H3,(H,20,21). The molecule has 1 aromatic carbocycles. The first kappa shape index (κ1) is 17.5. The zero-order valence-electron chi connectivity index (χ0n) is 14.6. The molecule has 0 radical (unpaired) electrons. The van der Waals surface area contributed by atoms with Gasteiger partial charge in [-0.3, -0.25) is 4.79 Å². The number of nitrogens with one attached hydrogen (secondary N) is 1. The minimum atomic E-state index is -0.394. The molecule has 0 aliphatic carbocycles. The van der Waals surface area contributed by atoms with Gasteiger partial charge < -0.3 is 14.8 Å². The van der Waals surface area contributed by atoms with Gasteiger partial charge in [-0.1, -0.05) is 12.1 Å². The number of anilines is 1. The summed E-state index contributed by atoms with van der Waals surface area (Å²) in [5, 5.41) is 3.43. The first-order valence-corrected chi connectivity index (χ1v) is 9.12. The number of carbonyl (C=O) groups is 2. The highest BCUT2D eigenvalue weighted by atomic mass is 32.1. The molecule has 2 aromatic rings. The van der Waals surface area contributed by atoms with Crippen LogP contribution in [-0.4, -0.2) is 25.1 Å². The Bertz CT molecular complexity index is 825. The van der Waals surface area contributed by atoms with Crippen LogP contribution in [0.1, 0.15) is 38.8 Å². The number of esters is 1. The van der Waals surface area contributed by atoms with E-state index >= 15 is 0 Å². The van der Waals surface area contributed by atoms with Gasteiger partial charge in [0.15, 0.2) is 0 Å². The zero-order valence-corrected chi connectivity index (χ0v) is 15.4. The van der Waals surface area contributed by atoms with Crippen molar-refractivity contribution in [2.45, 2.75) is 33.6 Å². The summed E-state index contributed by atoms with van der Waals surface area (Å²) >= 11 is 1.40. The van der Waals surface area contributed by atoms with Crippen molar-refractivity contribution in [2.24, 2.45) is 0 Å². The number of aryl methyl sites for hydroxylation is 1. The van der Waals surface area contributed by atoms with Crippen LogP contribution in [0.4, 0.5) is 5.00 Å². The molecule has 1 aliphatic rings. The molecule has 132 valence electrons. The fourth-order valence-corrected chi connectivity index (χ4v) is 3.93. The maximum atomic E-state index is 12.4. The zero-order chi connectivity index (χ0) is 18.0. The van der Waals surface area contributed by atoms with E-state index in [0.29, 0.717) is 23.8 Å². The Morgan fingerprint density at radius 1 is 1.32 bits per heavy atom. The number of amides is 1. The molecule has 1 aliphatic heterocycles. The maximum absolute atomic E-state index is 12.4. The van der Waals surface area contributed by atoms with Crippen molar-refractivity contribution in [1.29, 1.82) is 0 Å². The molecule has 1 amide bonds. The van der Waals surface area contributed by atoms with Crippen molar-refractivity contribution in [3.63, 3.8) is 0 Å². The molecule has 0 bridgehead atoms. The molecule has 25 heavy (non-hydrogen) atoms. The Hall–Kier alpha value is -2.34. The van der Waals surface area contributed by atoms with Crippen LogP contribution in [0.2, 0.25) is 0 Å². The van der Waals surface area contributed by atoms with Crippen LogP contribution in [0, 0.1) is 13.8 Å². The molecule has 0 saturated heterocycles.